The molecule has 1 aromatic carbocycles. The molecule has 1 aromatic rings. The first-order chi connectivity index (χ1) is 7.65. The van der Waals surface area contributed by atoms with Crippen molar-refractivity contribution in [3.63, 3.8) is 0 Å². The molecule has 0 aliphatic rings. The summed E-state index contributed by atoms with van der Waals surface area (Å²) in [7, 11) is 3.25. The Morgan fingerprint density at radius 2 is 2.00 bits per heavy atom. The van der Waals surface area contributed by atoms with Crippen molar-refractivity contribution in [2.24, 2.45) is 0 Å². The molecule has 0 amide bonds. The van der Waals surface area contributed by atoms with E-state index in [0.29, 0.717) is 6.42 Å². The van der Waals surface area contributed by atoms with Crippen LogP contribution in [-0.2, 0) is 6.42 Å². The zero-order valence-corrected chi connectivity index (χ0v) is 11.4. The van der Waals surface area contributed by atoms with Gasteiger partial charge in [0.1, 0.15) is 0 Å². The van der Waals surface area contributed by atoms with Crippen molar-refractivity contribution in [3.8, 4) is 11.5 Å². The van der Waals surface area contributed by atoms with Gasteiger partial charge in [-0.2, -0.15) is 0 Å². The summed E-state index contributed by atoms with van der Waals surface area (Å²) in [5.41, 5.74) is 2.15. The summed E-state index contributed by atoms with van der Waals surface area (Å²) in [6.45, 7) is 2.18. The summed E-state index contributed by atoms with van der Waals surface area (Å²) in [5, 5.41) is 8.89. The highest BCUT2D eigenvalue weighted by atomic mass is 79.9. The van der Waals surface area contributed by atoms with E-state index >= 15 is 0 Å². The van der Waals surface area contributed by atoms with Gasteiger partial charge in [0.15, 0.2) is 11.5 Å². The summed E-state index contributed by atoms with van der Waals surface area (Å²) < 4.78 is 11.7. The minimum absolute atomic E-state index is 0.172. The number of ether oxygens (including phenoxy) is 2. The van der Waals surface area contributed by atoms with Gasteiger partial charge in [-0.15, -0.1) is 0 Å². The number of hydrogen-bond acceptors (Lipinski definition) is 3. The summed E-state index contributed by atoms with van der Waals surface area (Å²) in [6, 6.07) is 1.94. The fourth-order valence-corrected chi connectivity index (χ4v) is 2.16. The van der Waals surface area contributed by atoms with Crippen LogP contribution in [-0.4, -0.2) is 25.9 Å². The Balaban J connectivity index is 3.23. The van der Waals surface area contributed by atoms with Crippen LogP contribution in [0.3, 0.4) is 0 Å². The van der Waals surface area contributed by atoms with Gasteiger partial charge in [0.2, 0.25) is 0 Å². The molecular formula is C12H17BrO3. The Morgan fingerprint density at radius 1 is 1.31 bits per heavy atom. The molecule has 0 heterocycles. The van der Waals surface area contributed by atoms with E-state index in [4.69, 9.17) is 14.6 Å². The highest BCUT2D eigenvalue weighted by molar-refractivity contribution is 9.10. The molecule has 0 fully saturated rings. The normalized spacial score (nSPS) is 10.3. The number of rotatable bonds is 5. The van der Waals surface area contributed by atoms with Crippen LogP contribution >= 0.6 is 15.9 Å². The SMILES string of the molecule is COc1cc(C)c(Br)c(CCCO)c1OC. The third kappa shape index (κ3) is 2.68. The molecule has 0 spiro atoms. The maximum atomic E-state index is 8.89. The van der Waals surface area contributed by atoms with Gasteiger partial charge in [0.25, 0.3) is 0 Å². The van der Waals surface area contributed by atoms with Crippen LogP contribution in [0.4, 0.5) is 0 Å². The van der Waals surface area contributed by atoms with Crippen LogP contribution in [0.25, 0.3) is 0 Å². The number of hydrogen-bond donors (Lipinski definition) is 1. The fraction of sp³-hybridized carbons (Fsp3) is 0.500. The molecule has 0 radical (unpaired) electrons. The molecule has 0 bridgehead atoms. The second-order valence-corrected chi connectivity index (χ2v) is 4.34. The standard InChI is InChI=1S/C12H17BrO3/c1-8-7-10(15-2)12(16-3)9(11(8)13)5-4-6-14/h7,14H,4-6H2,1-3H3. The average Bonchev–Trinajstić information content (AvgIpc) is 2.30. The predicted octanol–water partition coefficient (Wildman–Crippen LogP) is 2.70. The molecule has 3 nitrogen and oxygen atoms in total. The molecule has 0 aliphatic heterocycles. The number of aliphatic hydroxyl groups excluding tert-OH is 1. The molecule has 0 aliphatic carbocycles. The summed E-state index contributed by atoms with van der Waals surface area (Å²) >= 11 is 3.55. The quantitative estimate of drug-likeness (QED) is 0.905. The van der Waals surface area contributed by atoms with E-state index in [1.54, 1.807) is 14.2 Å². The van der Waals surface area contributed by atoms with Gasteiger partial charge in [-0.3, -0.25) is 0 Å². The van der Waals surface area contributed by atoms with Gasteiger partial charge >= 0.3 is 0 Å². The molecule has 1 rings (SSSR count). The van der Waals surface area contributed by atoms with Crippen molar-refractivity contribution in [3.05, 3.63) is 21.7 Å². The molecule has 0 saturated heterocycles. The van der Waals surface area contributed by atoms with E-state index in [1.165, 1.54) is 0 Å². The molecule has 90 valence electrons. The van der Waals surface area contributed by atoms with Gasteiger partial charge in [-0.25, -0.2) is 0 Å². The Hall–Kier alpha value is -0.740. The van der Waals surface area contributed by atoms with E-state index in [-0.39, 0.29) is 6.61 Å². The molecule has 0 saturated carbocycles. The number of benzene rings is 1. The van der Waals surface area contributed by atoms with Crippen molar-refractivity contribution >= 4 is 15.9 Å². The summed E-state index contributed by atoms with van der Waals surface area (Å²) in [6.07, 6.45) is 1.47. The van der Waals surface area contributed by atoms with Crippen LogP contribution in [0.1, 0.15) is 17.5 Å². The smallest absolute Gasteiger partial charge is 0.165 e. The zero-order chi connectivity index (χ0) is 12.1. The first-order valence-electron chi connectivity index (χ1n) is 5.16. The Morgan fingerprint density at radius 3 is 2.50 bits per heavy atom. The monoisotopic (exact) mass is 288 g/mol. The highest BCUT2D eigenvalue weighted by Crippen LogP contribution is 2.39. The third-order valence-corrected chi connectivity index (χ3v) is 3.57. The van der Waals surface area contributed by atoms with Gasteiger partial charge in [0, 0.05) is 16.6 Å². The second-order valence-electron chi connectivity index (χ2n) is 3.55. The summed E-state index contributed by atoms with van der Waals surface area (Å²) in [5.74, 6) is 1.48. The molecular weight excluding hydrogens is 272 g/mol. The average molecular weight is 289 g/mol. The molecule has 0 aromatic heterocycles. The third-order valence-electron chi connectivity index (χ3n) is 2.47. The fourth-order valence-electron chi connectivity index (χ4n) is 1.67. The van der Waals surface area contributed by atoms with Crippen LogP contribution < -0.4 is 9.47 Å². The van der Waals surface area contributed by atoms with Gasteiger partial charge in [-0.05, 0) is 31.4 Å². The van der Waals surface area contributed by atoms with E-state index in [1.807, 2.05) is 13.0 Å². The first kappa shape index (κ1) is 13.3. The Labute approximate surface area is 105 Å². The van der Waals surface area contributed by atoms with Crippen LogP contribution in [0, 0.1) is 6.92 Å². The highest BCUT2D eigenvalue weighted by Gasteiger charge is 2.15. The first-order valence-corrected chi connectivity index (χ1v) is 5.95. The lowest BCUT2D eigenvalue weighted by Crippen LogP contribution is -2.00. The van der Waals surface area contributed by atoms with E-state index in [2.05, 4.69) is 15.9 Å². The lowest BCUT2D eigenvalue weighted by atomic mass is 10.0. The maximum Gasteiger partial charge on any atom is 0.165 e. The summed E-state index contributed by atoms with van der Waals surface area (Å²) in [4.78, 5) is 0. The van der Waals surface area contributed by atoms with Crippen LogP contribution in [0.2, 0.25) is 0 Å². The van der Waals surface area contributed by atoms with E-state index in [0.717, 1.165) is 33.5 Å². The van der Waals surface area contributed by atoms with Crippen molar-refractivity contribution in [2.75, 3.05) is 20.8 Å². The number of aliphatic hydroxyl groups is 1. The largest absolute Gasteiger partial charge is 0.493 e. The lowest BCUT2D eigenvalue weighted by Gasteiger charge is -2.16. The molecule has 0 unspecified atom stereocenters. The maximum absolute atomic E-state index is 8.89. The van der Waals surface area contributed by atoms with E-state index < -0.39 is 0 Å². The van der Waals surface area contributed by atoms with E-state index in [9.17, 15) is 0 Å². The molecule has 4 heteroatoms. The lowest BCUT2D eigenvalue weighted by molar-refractivity contribution is 0.287. The molecule has 1 N–H and O–H groups in total. The Kier molecular flexibility index (Phi) is 5.09. The predicted molar refractivity (Wildman–Crippen MR) is 67.4 cm³/mol. The molecule has 0 atom stereocenters. The van der Waals surface area contributed by atoms with Gasteiger partial charge in [0.05, 0.1) is 14.2 Å². The topological polar surface area (TPSA) is 38.7 Å². The minimum atomic E-state index is 0.172. The van der Waals surface area contributed by atoms with Crippen molar-refractivity contribution < 1.29 is 14.6 Å². The van der Waals surface area contributed by atoms with Crippen molar-refractivity contribution in [1.82, 2.24) is 0 Å². The number of aryl methyl sites for hydroxylation is 1. The van der Waals surface area contributed by atoms with Crippen molar-refractivity contribution in [1.29, 1.82) is 0 Å². The number of methoxy groups -OCH3 is 2. The zero-order valence-electron chi connectivity index (χ0n) is 9.84. The van der Waals surface area contributed by atoms with Gasteiger partial charge < -0.3 is 14.6 Å². The minimum Gasteiger partial charge on any atom is -0.493 e. The van der Waals surface area contributed by atoms with Crippen LogP contribution in [0.15, 0.2) is 10.5 Å². The van der Waals surface area contributed by atoms with Crippen molar-refractivity contribution in [2.45, 2.75) is 19.8 Å². The van der Waals surface area contributed by atoms with Crippen LogP contribution in [0.5, 0.6) is 11.5 Å². The second kappa shape index (κ2) is 6.11. The Bertz CT molecular complexity index is 364. The van der Waals surface area contributed by atoms with Gasteiger partial charge in [-0.1, -0.05) is 15.9 Å². The molecule has 16 heavy (non-hydrogen) atoms. The number of halogens is 1.